The number of benzene rings is 1. The predicted octanol–water partition coefficient (Wildman–Crippen LogP) is 1.86. The number of ketones is 2. The lowest BCUT2D eigenvalue weighted by atomic mass is 9.85. The van der Waals surface area contributed by atoms with Crippen molar-refractivity contribution in [2.24, 2.45) is 5.92 Å². The highest BCUT2D eigenvalue weighted by Crippen LogP contribution is 2.29. The number of nitrogens with zero attached hydrogens (tertiary/aromatic N) is 1. The minimum atomic E-state index is -1.07. The number of hydrogen-bond donors (Lipinski definition) is 3. The number of carboxylic acids is 1. The Morgan fingerprint density at radius 3 is 2.85 bits per heavy atom. The molecule has 0 unspecified atom stereocenters. The summed E-state index contributed by atoms with van der Waals surface area (Å²) in [6.45, 7) is 0. The molecule has 1 aromatic heterocycles. The molecule has 3 N–H and O–H groups in total. The zero-order valence-electron chi connectivity index (χ0n) is 14.3. The lowest BCUT2D eigenvalue weighted by Crippen LogP contribution is -2.25. The number of allylic oxidation sites excluding steroid dienone is 1. The number of anilines is 1. The Bertz CT molecular complexity index is 884. The molecule has 0 saturated heterocycles. The number of Topliss-reactive ketones (excluding diaryl/α,β-unsaturated/α-hetero) is 2. The number of carbonyl (C=O) groups is 3. The van der Waals surface area contributed by atoms with Crippen molar-refractivity contribution in [3.8, 4) is 0 Å². The molecule has 0 saturated carbocycles. The molecule has 26 heavy (non-hydrogen) atoms. The second kappa shape index (κ2) is 7.35. The summed E-state index contributed by atoms with van der Waals surface area (Å²) in [5, 5.41) is 12.5. The van der Waals surface area contributed by atoms with Crippen LogP contribution in [0.1, 0.15) is 23.2 Å². The van der Waals surface area contributed by atoms with Crippen molar-refractivity contribution >= 4 is 29.3 Å². The molecule has 1 heterocycles. The fourth-order valence-corrected chi connectivity index (χ4v) is 3.14. The van der Waals surface area contributed by atoms with Gasteiger partial charge in [0.2, 0.25) is 0 Å². The number of carboxylic acid groups (broad SMARTS) is 1. The van der Waals surface area contributed by atoms with Crippen LogP contribution in [0.5, 0.6) is 0 Å². The van der Waals surface area contributed by atoms with Gasteiger partial charge in [-0.3, -0.25) is 14.4 Å². The molecular formula is C19H19N3O4. The average Bonchev–Trinajstić information content (AvgIpc) is 3.13. The number of carbonyl (C=O) groups excluding carboxylic acids is 2. The minimum Gasteiger partial charge on any atom is -0.481 e. The molecule has 1 atom stereocenters. The van der Waals surface area contributed by atoms with Gasteiger partial charge in [-0.2, -0.15) is 0 Å². The quantitative estimate of drug-likeness (QED) is 0.655. The monoisotopic (exact) mass is 353 g/mol. The number of nitrogens with one attached hydrogen (secondary N) is 2. The number of hydrogen-bond acceptors (Lipinski definition) is 5. The lowest BCUT2D eigenvalue weighted by Gasteiger charge is -2.19. The number of rotatable bonds is 7. The van der Waals surface area contributed by atoms with Crippen LogP contribution in [0.4, 0.5) is 5.69 Å². The van der Waals surface area contributed by atoms with E-state index in [-0.39, 0.29) is 30.6 Å². The lowest BCUT2D eigenvalue weighted by molar-refractivity contribution is -0.143. The van der Waals surface area contributed by atoms with E-state index in [1.54, 1.807) is 13.1 Å². The van der Waals surface area contributed by atoms with Crippen molar-refractivity contribution in [3.63, 3.8) is 0 Å². The van der Waals surface area contributed by atoms with Crippen LogP contribution < -0.4 is 5.32 Å². The van der Waals surface area contributed by atoms with Gasteiger partial charge >= 0.3 is 5.97 Å². The maximum atomic E-state index is 12.6. The molecule has 2 aromatic rings. The maximum Gasteiger partial charge on any atom is 0.307 e. The molecule has 7 heteroatoms. The van der Waals surface area contributed by atoms with Crippen molar-refractivity contribution < 1.29 is 19.5 Å². The number of aliphatic carboxylic acids is 1. The van der Waals surface area contributed by atoms with Gasteiger partial charge in [0.1, 0.15) is 0 Å². The summed E-state index contributed by atoms with van der Waals surface area (Å²) >= 11 is 0. The van der Waals surface area contributed by atoms with Crippen LogP contribution in [0, 0.1) is 5.92 Å². The molecule has 1 aliphatic carbocycles. The molecule has 0 spiro atoms. The molecule has 0 radical (unpaired) electrons. The third-order valence-corrected chi connectivity index (χ3v) is 4.52. The highest BCUT2D eigenvalue weighted by molar-refractivity contribution is 6.25. The van der Waals surface area contributed by atoms with E-state index in [9.17, 15) is 19.5 Å². The Labute approximate surface area is 150 Å². The predicted molar refractivity (Wildman–Crippen MR) is 95.7 cm³/mol. The van der Waals surface area contributed by atoms with Crippen LogP contribution >= 0.6 is 0 Å². The van der Waals surface area contributed by atoms with Gasteiger partial charge in [0.25, 0.3) is 0 Å². The van der Waals surface area contributed by atoms with Gasteiger partial charge < -0.3 is 15.4 Å². The van der Waals surface area contributed by atoms with Crippen LogP contribution in [0.3, 0.4) is 0 Å². The highest BCUT2D eigenvalue weighted by atomic mass is 16.4. The number of aromatic amines is 1. The zero-order chi connectivity index (χ0) is 18.7. The molecular weight excluding hydrogens is 334 g/mol. The third-order valence-electron chi connectivity index (χ3n) is 4.52. The van der Waals surface area contributed by atoms with E-state index in [4.69, 9.17) is 0 Å². The first-order valence-electron chi connectivity index (χ1n) is 8.27. The van der Waals surface area contributed by atoms with E-state index >= 15 is 0 Å². The first kappa shape index (κ1) is 17.6. The molecule has 7 nitrogen and oxygen atoms in total. The summed E-state index contributed by atoms with van der Waals surface area (Å²) in [5.41, 5.74) is 3.21. The van der Waals surface area contributed by atoms with Crippen LogP contribution in [0.15, 0.2) is 36.3 Å². The molecule has 0 amide bonds. The Morgan fingerprint density at radius 1 is 1.38 bits per heavy atom. The molecule has 1 aromatic carbocycles. The second-order valence-corrected chi connectivity index (χ2v) is 6.22. The van der Waals surface area contributed by atoms with Gasteiger partial charge in [0, 0.05) is 43.9 Å². The topological polar surface area (TPSA) is 112 Å². The molecule has 3 rings (SSSR count). The van der Waals surface area contributed by atoms with Crippen molar-refractivity contribution in [2.45, 2.75) is 19.3 Å². The van der Waals surface area contributed by atoms with Gasteiger partial charge in [0.15, 0.2) is 11.6 Å². The second-order valence-electron chi connectivity index (χ2n) is 6.22. The normalized spacial score (nSPS) is 14.3. The Hall–Kier alpha value is -3.22. The fourth-order valence-electron chi connectivity index (χ4n) is 3.14. The summed E-state index contributed by atoms with van der Waals surface area (Å²) in [6, 6.07) is 5.56. The van der Waals surface area contributed by atoms with Crippen molar-refractivity contribution in [2.75, 3.05) is 12.4 Å². The number of imidazole rings is 1. The molecule has 0 aliphatic heterocycles. The van der Waals surface area contributed by atoms with Gasteiger partial charge in [-0.15, -0.1) is 0 Å². The Kier molecular flexibility index (Phi) is 4.97. The van der Waals surface area contributed by atoms with Gasteiger partial charge in [-0.1, -0.05) is 12.1 Å². The van der Waals surface area contributed by atoms with E-state index in [2.05, 4.69) is 15.3 Å². The molecule has 0 bridgehead atoms. The molecule has 134 valence electrons. The SMILES string of the molecule is CNc1cccc2c1CC(=O)C(C(=O)C[C@@H](Cc1cnc[nH]1)C(=O)O)=C2. The highest BCUT2D eigenvalue weighted by Gasteiger charge is 2.29. The standard InChI is InChI=1S/C19H19N3O4/c1-20-16-4-2-3-11-6-15(18(24)8-14(11)16)17(23)7-12(19(25)26)5-13-9-21-10-22-13/h2-4,6,9-10,12,20H,5,7-8H2,1H3,(H,21,22)(H,25,26)/t12-/m1/s1. The molecule has 1 aliphatic rings. The van der Waals surface area contributed by atoms with Crippen LogP contribution in [-0.2, 0) is 27.2 Å². The van der Waals surface area contributed by atoms with E-state index in [0.29, 0.717) is 5.69 Å². The van der Waals surface area contributed by atoms with E-state index in [1.807, 2.05) is 18.2 Å². The first-order valence-corrected chi connectivity index (χ1v) is 8.27. The molecule has 0 fully saturated rings. The summed E-state index contributed by atoms with van der Waals surface area (Å²) < 4.78 is 0. The number of H-pyrrole nitrogens is 1. The average molecular weight is 353 g/mol. The van der Waals surface area contributed by atoms with Crippen molar-refractivity contribution in [1.29, 1.82) is 0 Å². The van der Waals surface area contributed by atoms with Gasteiger partial charge in [0.05, 0.1) is 17.8 Å². The van der Waals surface area contributed by atoms with Crippen LogP contribution in [-0.4, -0.2) is 39.7 Å². The zero-order valence-corrected chi connectivity index (χ0v) is 14.3. The third kappa shape index (κ3) is 3.56. The Morgan fingerprint density at radius 2 is 2.19 bits per heavy atom. The summed E-state index contributed by atoms with van der Waals surface area (Å²) in [7, 11) is 1.78. The van der Waals surface area contributed by atoms with Crippen LogP contribution in [0.25, 0.3) is 6.08 Å². The largest absolute Gasteiger partial charge is 0.481 e. The van der Waals surface area contributed by atoms with Crippen molar-refractivity contribution in [3.05, 3.63) is 53.1 Å². The Balaban J connectivity index is 1.82. The number of aromatic nitrogens is 2. The first-order chi connectivity index (χ1) is 12.5. The van der Waals surface area contributed by atoms with E-state index in [1.165, 1.54) is 12.5 Å². The van der Waals surface area contributed by atoms with Crippen molar-refractivity contribution in [1.82, 2.24) is 9.97 Å². The van der Waals surface area contributed by atoms with Gasteiger partial charge in [-0.25, -0.2) is 4.98 Å². The van der Waals surface area contributed by atoms with E-state index < -0.39 is 17.7 Å². The maximum absolute atomic E-state index is 12.6. The van der Waals surface area contributed by atoms with Gasteiger partial charge in [-0.05, 0) is 23.3 Å². The fraction of sp³-hybridized carbons (Fsp3) is 0.263. The van der Waals surface area contributed by atoms with Crippen LogP contribution in [0.2, 0.25) is 0 Å². The summed E-state index contributed by atoms with van der Waals surface area (Å²) in [5.74, 6) is -2.71. The minimum absolute atomic E-state index is 0.0709. The summed E-state index contributed by atoms with van der Waals surface area (Å²) in [4.78, 5) is 43.3. The summed E-state index contributed by atoms with van der Waals surface area (Å²) in [6.07, 6.45) is 4.61. The van der Waals surface area contributed by atoms with E-state index in [0.717, 1.165) is 16.8 Å². The number of fused-ring (bicyclic) bond motifs is 1. The smallest absolute Gasteiger partial charge is 0.307 e.